The van der Waals surface area contributed by atoms with Crippen LogP contribution < -0.4 is 0 Å². The summed E-state index contributed by atoms with van der Waals surface area (Å²) in [5, 5.41) is 8.14. The molecule has 2 heteroatoms. The van der Waals surface area contributed by atoms with E-state index in [1.165, 1.54) is 0 Å². The van der Waals surface area contributed by atoms with Gasteiger partial charge in [-0.15, -0.1) is 0 Å². The van der Waals surface area contributed by atoms with Crippen molar-refractivity contribution < 1.29 is 19.8 Å². The van der Waals surface area contributed by atoms with Crippen molar-refractivity contribution in [3.8, 4) is 22.3 Å². The van der Waals surface area contributed by atoms with E-state index in [1.54, 1.807) is 12.1 Å². The Morgan fingerprint density at radius 3 is 1.56 bits per heavy atom. The second kappa shape index (κ2) is 9.57. The lowest BCUT2D eigenvalue weighted by atomic mass is 9.85. The second-order valence-corrected chi connectivity index (χ2v) is 12.2. The van der Waals surface area contributed by atoms with Gasteiger partial charge in [-0.2, -0.15) is 0 Å². The first kappa shape index (κ1) is 19.3. The summed E-state index contributed by atoms with van der Waals surface area (Å²) in [5.74, 6) is 0. The highest BCUT2D eigenvalue weighted by Crippen LogP contribution is 2.46. The third-order valence-corrected chi connectivity index (χ3v) is 9.68. The molecule has 0 aliphatic rings. The van der Waals surface area contributed by atoms with E-state index >= 15 is 0 Å². The quantitative estimate of drug-likeness (QED) is 0.180. The molecule has 9 aromatic carbocycles. The molecule has 11 rings (SSSR count). The molecular formula is C46H26O2. The Morgan fingerprint density at radius 2 is 0.896 bits per heavy atom. The molecule has 0 aliphatic carbocycles. The lowest BCUT2D eigenvalue weighted by Crippen LogP contribution is -1.90. The van der Waals surface area contributed by atoms with Crippen LogP contribution in [0.25, 0.3) is 109 Å². The molecule has 2 heterocycles. The zero-order chi connectivity index (χ0) is 38.3. The van der Waals surface area contributed by atoms with Gasteiger partial charge in [-0.1, -0.05) is 121 Å². The predicted octanol–water partition coefficient (Wildman–Crippen LogP) is 13.4. The summed E-state index contributed by atoms with van der Waals surface area (Å²) in [4.78, 5) is 0. The first-order chi connectivity index (χ1) is 27.1. The van der Waals surface area contributed by atoms with Crippen LogP contribution in [0.4, 0.5) is 0 Å². The SMILES string of the molecule is [2H]c1c([2H])c([2H])c2c(-c3ccc4c(c3)oc3ccc5ccccc5c34)c3c([2H])c([2H])c([2H])c([2H])c3c(-c3ccc4c(c3)oc3c5ccccc5ccc43)c2c1[2H]. The Balaban J connectivity index is 1.30. The Morgan fingerprint density at radius 1 is 0.375 bits per heavy atom. The largest absolute Gasteiger partial charge is 0.456 e. The summed E-state index contributed by atoms with van der Waals surface area (Å²) in [7, 11) is 0. The van der Waals surface area contributed by atoms with E-state index in [4.69, 9.17) is 14.3 Å². The van der Waals surface area contributed by atoms with Gasteiger partial charge in [-0.05, 0) is 96.4 Å². The van der Waals surface area contributed by atoms with Gasteiger partial charge < -0.3 is 8.83 Å². The Bertz CT molecular complexity index is 3410. The zero-order valence-electron chi connectivity index (χ0n) is 33.2. The third kappa shape index (κ3) is 3.52. The van der Waals surface area contributed by atoms with E-state index in [-0.39, 0.29) is 56.8 Å². The van der Waals surface area contributed by atoms with Crippen LogP contribution >= 0.6 is 0 Å². The summed E-state index contributed by atoms with van der Waals surface area (Å²) in [5.41, 5.74) is 3.95. The molecule has 0 saturated carbocycles. The fraction of sp³-hybridized carbons (Fsp3) is 0. The Labute approximate surface area is 286 Å². The molecule has 0 atom stereocenters. The molecule has 0 saturated heterocycles. The average Bonchev–Trinajstić information content (AvgIpc) is 3.80. The van der Waals surface area contributed by atoms with Crippen molar-refractivity contribution in [1.82, 2.24) is 0 Å². The number of benzene rings is 9. The molecule has 0 spiro atoms. The fourth-order valence-corrected chi connectivity index (χ4v) is 7.56. The van der Waals surface area contributed by atoms with E-state index in [0.717, 1.165) is 43.1 Å². The molecule has 222 valence electrons. The molecule has 11 aromatic rings. The van der Waals surface area contributed by atoms with Gasteiger partial charge in [0, 0.05) is 26.9 Å². The Hall–Kier alpha value is -6.38. The van der Waals surface area contributed by atoms with Crippen molar-refractivity contribution in [3.63, 3.8) is 0 Å². The molecule has 0 radical (unpaired) electrons. The molecular weight excluding hydrogens is 585 g/mol. The van der Waals surface area contributed by atoms with Crippen LogP contribution in [0.15, 0.2) is 166 Å². The predicted molar refractivity (Wildman–Crippen MR) is 202 cm³/mol. The summed E-state index contributed by atoms with van der Waals surface area (Å²) in [6.45, 7) is 0. The summed E-state index contributed by atoms with van der Waals surface area (Å²) in [6, 6.07) is 31.9. The van der Waals surface area contributed by atoms with Gasteiger partial charge in [0.15, 0.2) is 0 Å². The molecule has 0 unspecified atom stereocenters. The highest BCUT2D eigenvalue weighted by molar-refractivity contribution is 6.24. The van der Waals surface area contributed by atoms with Gasteiger partial charge in [-0.25, -0.2) is 0 Å². The van der Waals surface area contributed by atoms with Gasteiger partial charge in [0.05, 0.1) is 11.0 Å². The van der Waals surface area contributed by atoms with Crippen molar-refractivity contribution in [2.24, 2.45) is 0 Å². The lowest BCUT2D eigenvalue weighted by Gasteiger charge is -2.17. The lowest BCUT2D eigenvalue weighted by molar-refractivity contribution is 0.669. The standard InChI is InChI=1S/C46H26O2/c1-3-11-31-27(9-1)20-24-40-45(31)39-23-19-30(26-42(39)47-40)44-36-15-7-5-13-34(36)43(35-14-6-8-16-37(35)44)29-18-21-33-38-22-17-28-10-2-4-12-32(28)46(38)48-41(33)25-29/h1-26H/i5D,6D,7D,8D,13D,14D,15D,16D. The van der Waals surface area contributed by atoms with E-state index in [1.807, 2.05) is 97.1 Å². The molecule has 0 bridgehead atoms. The maximum atomic E-state index is 9.37. The first-order valence-electron chi connectivity index (χ1n) is 19.8. The van der Waals surface area contributed by atoms with Crippen LogP contribution in [0.3, 0.4) is 0 Å². The molecule has 48 heavy (non-hydrogen) atoms. The maximum Gasteiger partial charge on any atom is 0.143 e. The maximum absolute atomic E-state index is 9.37. The van der Waals surface area contributed by atoms with Crippen molar-refractivity contribution in [1.29, 1.82) is 0 Å². The van der Waals surface area contributed by atoms with Crippen molar-refractivity contribution >= 4 is 87.0 Å². The van der Waals surface area contributed by atoms with Crippen molar-refractivity contribution in [2.45, 2.75) is 0 Å². The van der Waals surface area contributed by atoms with E-state index in [9.17, 15) is 5.48 Å². The number of furan rings is 2. The normalized spacial score (nSPS) is 14.5. The minimum Gasteiger partial charge on any atom is -0.456 e. The average molecular weight is 619 g/mol. The van der Waals surface area contributed by atoms with Crippen molar-refractivity contribution in [2.75, 3.05) is 0 Å². The topological polar surface area (TPSA) is 26.3 Å². The minimum atomic E-state index is -0.453. The summed E-state index contributed by atoms with van der Waals surface area (Å²) in [6.07, 6.45) is 0. The number of fused-ring (bicyclic) bond motifs is 12. The fourth-order valence-electron chi connectivity index (χ4n) is 7.56. The van der Waals surface area contributed by atoms with E-state index in [0.29, 0.717) is 33.5 Å². The molecule has 0 N–H and O–H groups in total. The van der Waals surface area contributed by atoms with E-state index in [2.05, 4.69) is 0 Å². The Kier molecular flexibility index (Phi) is 3.85. The molecule has 2 aromatic heterocycles. The van der Waals surface area contributed by atoms with Gasteiger partial charge in [0.1, 0.15) is 22.3 Å². The van der Waals surface area contributed by atoms with Gasteiger partial charge >= 0.3 is 0 Å². The van der Waals surface area contributed by atoms with Gasteiger partial charge in [0.2, 0.25) is 0 Å². The zero-order valence-corrected chi connectivity index (χ0v) is 25.2. The summed E-state index contributed by atoms with van der Waals surface area (Å²) >= 11 is 0. The smallest absolute Gasteiger partial charge is 0.143 e. The number of hydrogen-bond acceptors (Lipinski definition) is 2. The van der Waals surface area contributed by atoms with Crippen LogP contribution in [0, 0.1) is 0 Å². The van der Waals surface area contributed by atoms with Crippen LogP contribution in [-0.4, -0.2) is 0 Å². The third-order valence-electron chi connectivity index (χ3n) is 9.68. The number of rotatable bonds is 2. The highest BCUT2D eigenvalue weighted by atomic mass is 16.3. The van der Waals surface area contributed by atoms with Crippen LogP contribution in [-0.2, 0) is 0 Å². The number of hydrogen-bond donors (Lipinski definition) is 0. The molecule has 2 nitrogen and oxygen atoms in total. The molecule has 0 fully saturated rings. The van der Waals surface area contributed by atoms with Crippen molar-refractivity contribution in [3.05, 3.63) is 158 Å². The molecule has 0 aliphatic heterocycles. The highest BCUT2D eigenvalue weighted by Gasteiger charge is 2.19. The van der Waals surface area contributed by atoms with Crippen LogP contribution in [0.5, 0.6) is 0 Å². The monoisotopic (exact) mass is 618 g/mol. The summed E-state index contributed by atoms with van der Waals surface area (Å²) < 4.78 is 85.7. The van der Waals surface area contributed by atoms with Gasteiger partial charge in [-0.3, -0.25) is 0 Å². The van der Waals surface area contributed by atoms with Gasteiger partial charge in [0.25, 0.3) is 0 Å². The second-order valence-electron chi connectivity index (χ2n) is 12.2. The van der Waals surface area contributed by atoms with Crippen LogP contribution in [0.2, 0.25) is 0 Å². The first-order valence-corrected chi connectivity index (χ1v) is 15.8. The molecule has 0 amide bonds. The minimum absolute atomic E-state index is 0.139. The van der Waals surface area contributed by atoms with E-state index < -0.39 is 24.2 Å². The van der Waals surface area contributed by atoms with Crippen LogP contribution in [0.1, 0.15) is 11.0 Å².